The van der Waals surface area contributed by atoms with E-state index in [1.807, 2.05) is 39.0 Å². The average Bonchev–Trinajstić information content (AvgIpc) is 2.52. The zero-order chi connectivity index (χ0) is 16.9. The molecule has 0 aromatic heterocycles. The Kier molecular flexibility index (Phi) is 5.66. The maximum atomic E-state index is 11.9. The molecular weight excluding hydrogens is 294 g/mol. The molecule has 0 aliphatic carbocycles. The predicted molar refractivity (Wildman–Crippen MR) is 90.9 cm³/mol. The summed E-state index contributed by atoms with van der Waals surface area (Å²) in [6.07, 6.45) is 3.24. The Morgan fingerprint density at radius 3 is 2.57 bits per heavy atom. The van der Waals surface area contributed by atoms with Crippen molar-refractivity contribution in [1.82, 2.24) is 0 Å². The van der Waals surface area contributed by atoms with Gasteiger partial charge >= 0.3 is 5.97 Å². The average molecular weight is 319 g/mol. The van der Waals surface area contributed by atoms with Crippen molar-refractivity contribution in [3.05, 3.63) is 29.8 Å². The lowest BCUT2D eigenvalue weighted by Gasteiger charge is -2.30. The molecule has 5 heteroatoms. The number of hydrogen-bond donors (Lipinski definition) is 0. The normalized spacial score (nSPS) is 15.7. The van der Waals surface area contributed by atoms with E-state index in [9.17, 15) is 4.79 Å². The van der Waals surface area contributed by atoms with Gasteiger partial charge in [0.1, 0.15) is 11.4 Å². The van der Waals surface area contributed by atoms with Crippen LogP contribution in [-0.4, -0.2) is 45.0 Å². The first-order valence-electron chi connectivity index (χ1n) is 7.81. The topological polar surface area (TPSA) is 48.0 Å². The summed E-state index contributed by atoms with van der Waals surface area (Å²) in [4.78, 5) is 14.1. The molecule has 126 valence electrons. The molecule has 1 saturated heterocycles. The largest absolute Gasteiger partial charge is 0.497 e. The van der Waals surface area contributed by atoms with E-state index >= 15 is 0 Å². The molecule has 0 saturated carbocycles. The van der Waals surface area contributed by atoms with Crippen LogP contribution in [0.2, 0.25) is 0 Å². The van der Waals surface area contributed by atoms with Crippen molar-refractivity contribution in [1.29, 1.82) is 0 Å². The number of carbonyl (C=O) groups excluding carboxylic acids is 1. The number of anilines is 1. The van der Waals surface area contributed by atoms with E-state index in [0.717, 1.165) is 30.1 Å². The van der Waals surface area contributed by atoms with Gasteiger partial charge in [0.15, 0.2) is 0 Å². The van der Waals surface area contributed by atoms with E-state index in [2.05, 4.69) is 4.90 Å². The molecule has 2 rings (SSSR count). The lowest BCUT2D eigenvalue weighted by Crippen LogP contribution is -2.36. The Bertz CT molecular complexity index is 569. The van der Waals surface area contributed by atoms with Crippen LogP contribution < -0.4 is 9.64 Å². The van der Waals surface area contributed by atoms with Crippen molar-refractivity contribution in [3.63, 3.8) is 0 Å². The van der Waals surface area contributed by atoms with Crippen LogP contribution in [0.1, 0.15) is 26.3 Å². The Hall–Kier alpha value is -2.01. The van der Waals surface area contributed by atoms with Crippen LogP contribution in [0.3, 0.4) is 0 Å². The van der Waals surface area contributed by atoms with Crippen molar-refractivity contribution in [2.75, 3.05) is 38.3 Å². The molecule has 1 aromatic rings. The van der Waals surface area contributed by atoms with Crippen LogP contribution in [0.15, 0.2) is 24.3 Å². The number of nitrogens with zero attached hydrogens (tertiary/aromatic N) is 1. The Balaban J connectivity index is 2.22. The van der Waals surface area contributed by atoms with Gasteiger partial charge < -0.3 is 19.1 Å². The lowest BCUT2D eigenvalue weighted by molar-refractivity contribution is -0.148. The van der Waals surface area contributed by atoms with E-state index in [1.165, 1.54) is 6.08 Å². The molecule has 0 atom stereocenters. The molecule has 0 N–H and O–H groups in total. The molecule has 1 aliphatic rings. The minimum Gasteiger partial charge on any atom is -0.497 e. The maximum Gasteiger partial charge on any atom is 0.331 e. The Morgan fingerprint density at radius 2 is 1.96 bits per heavy atom. The van der Waals surface area contributed by atoms with E-state index in [0.29, 0.717) is 13.2 Å². The molecule has 23 heavy (non-hydrogen) atoms. The number of methoxy groups -OCH3 is 1. The van der Waals surface area contributed by atoms with Gasteiger partial charge in [0.2, 0.25) is 0 Å². The third-order valence-electron chi connectivity index (χ3n) is 3.39. The Labute approximate surface area is 137 Å². The van der Waals surface area contributed by atoms with Crippen molar-refractivity contribution < 1.29 is 19.0 Å². The minimum atomic E-state index is -0.497. The minimum absolute atomic E-state index is 0.353. The van der Waals surface area contributed by atoms with E-state index in [1.54, 1.807) is 13.2 Å². The first-order chi connectivity index (χ1) is 10.9. The summed E-state index contributed by atoms with van der Waals surface area (Å²) in [5, 5.41) is 0. The van der Waals surface area contributed by atoms with Crippen LogP contribution in [-0.2, 0) is 14.3 Å². The molecule has 5 nitrogen and oxygen atoms in total. The summed E-state index contributed by atoms with van der Waals surface area (Å²) in [5.74, 6) is 0.402. The molecule has 1 aromatic carbocycles. The summed E-state index contributed by atoms with van der Waals surface area (Å²) in [5.41, 5.74) is 1.49. The van der Waals surface area contributed by atoms with Gasteiger partial charge in [0, 0.05) is 30.4 Å². The zero-order valence-electron chi connectivity index (χ0n) is 14.3. The monoisotopic (exact) mass is 319 g/mol. The third-order valence-corrected chi connectivity index (χ3v) is 3.39. The van der Waals surface area contributed by atoms with E-state index in [-0.39, 0.29) is 5.97 Å². The first-order valence-corrected chi connectivity index (χ1v) is 7.81. The second-order valence-corrected chi connectivity index (χ2v) is 6.39. The molecule has 1 aliphatic heterocycles. The molecule has 1 heterocycles. The number of benzene rings is 1. The first kappa shape index (κ1) is 17.3. The molecule has 0 amide bonds. The van der Waals surface area contributed by atoms with Crippen LogP contribution >= 0.6 is 0 Å². The summed E-state index contributed by atoms with van der Waals surface area (Å²) in [7, 11) is 1.63. The van der Waals surface area contributed by atoms with Crippen LogP contribution in [0.4, 0.5) is 5.69 Å². The van der Waals surface area contributed by atoms with Crippen molar-refractivity contribution in [2.24, 2.45) is 0 Å². The molecule has 1 fully saturated rings. The third kappa shape index (κ3) is 5.28. The van der Waals surface area contributed by atoms with E-state index in [4.69, 9.17) is 14.2 Å². The van der Waals surface area contributed by atoms with Gasteiger partial charge in [-0.3, -0.25) is 0 Å². The van der Waals surface area contributed by atoms with Gasteiger partial charge in [-0.2, -0.15) is 0 Å². The van der Waals surface area contributed by atoms with E-state index < -0.39 is 5.60 Å². The molecule has 0 bridgehead atoms. The fourth-order valence-electron chi connectivity index (χ4n) is 2.38. The van der Waals surface area contributed by atoms with Crippen LogP contribution in [0.5, 0.6) is 5.75 Å². The smallest absolute Gasteiger partial charge is 0.331 e. The maximum absolute atomic E-state index is 11.9. The molecule has 0 unspecified atom stereocenters. The second kappa shape index (κ2) is 7.51. The number of ether oxygens (including phenoxy) is 3. The van der Waals surface area contributed by atoms with Crippen molar-refractivity contribution in [3.8, 4) is 5.75 Å². The SMILES string of the molecule is COc1ccc(N2CCOCC2)c(/C=C/C(=O)OC(C)(C)C)c1. The highest BCUT2D eigenvalue weighted by Crippen LogP contribution is 2.27. The van der Waals surface area contributed by atoms with Gasteiger partial charge in [0.25, 0.3) is 0 Å². The number of morpholine rings is 1. The van der Waals surface area contributed by atoms with Gasteiger partial charge in [-0.25, -0.2) is 4.79 Å². The van der Waals surface area contributed by atoms with Crippen LogP contribution in [0, 0.1) is 0 Å². The Morgan fingerprint density at radius 1 is 1.26 bits per heavy atom. The highest BCUT2D eigenvalue weighted by atomic mass is 16.6. The summed E-state index contributed by atoms with van der Waals surface area (Å²) >= 11 is 0. The fourth-order valence-corrected chi connectivity index (χ4v) is 2.38. The highest BCUT2D eigenvalue weighted by Gasteiger charge is 2.16. The predicted octanol–water partition coefficient (Wildman–Crippen LogP) is 2.89. The lowest BCUT2D eigenvalue weighted by atomic mass is 10.1. The fraction of sp³-hybridized carbons (Fsp3) is 0.500. The molecular formula is C18H25NO4. The second-order valence-electron chi connectivity index (χ2n) is 6.39. The summed E-state index contributed by atoms with van der Waals surface area (Å²) in [6, 6.07) is 5.86. The summed E-state index contributed by atoms with van der Waals surface area (Å²) in [6.45, 7) is 8.64. The quantitative estimate of drug-likeness (QED) is 0.631. The summed E-state index contributed by atoms with van der Waals surface area (Å²) < 4.78 is 16.0. The number of hydrogen-bond acceptors (Lipinski definition) is 5. The van der Waals surface area contributed by atoms with Crippen LogP contribution in [0.25, 0.3) is 6.08 Å². The molecule has 0 spiro atoms. The van der Waals surface area contributed by atoms with Gasteiger partial charge in [0.05, 0.1) is 20.3 Å². The standard InChI is InChI=1S/C18H25NO4/c1-18(2,3)23-17(20)8-5-14-13-15(21-4)6-7-16(14)19-9-11-22-12-10-19/h5-8,13H,9-12H2,1-4H3/b8-5+. The molecule has 0 radical (unpaired) electrons. The van der Waals surface area contributed by atoms with Gasteiger partial charge in [-0.15, -0.1) is 0 Å². The van der Waals surface area contributed by atoms with Crippen molar-refractivity contribution >= 4 is 17.7 Å². The van der Waals surface area contributed by atoms with Gasteiger partial charge in [-0.05, 0) is 45.0 Å². The number of rotatable bonds is 4. The van der Waals surface area contributed by atoms with Gasteiger partial charge in [-0.1, -0.05) is 0 Å². The number of esters is 1. The highest BCUT2D eigenvalue weighted by molar-refractivity contribution is 5.89. The number of carbonyl (C=O) groups is 1. The zero-order valence-corrected chi connectivity index (χ0v) is 14.3. The van der Waals surface area contributed by atoms with Crippen molar-refractivity contribution in [2.45, 2.75) is 26.4 Å².